The van der Waals surface area contributed by atoms with Crippen molar-refractivity contribution in [2.24, 2.45) is 4.99 Å². The van der Waals surface area contributed by atoms with Gasteiger partial charge in [0.2, 0.25) is 0 Å². The van der Waals surface area contributed by atoms with Crippen molar-refractivity contribution >= 4 is 27.8 Å². The Kier molecular flexibility index (Phi) is 3.38. The molecule has 0 aliphatic carbocycles. The van der Waals surface area contributed by atoms with Crippen molar-refractivity contribution in [3.8, 4) is 0 Å². The number of alkyl halides is 3. The Morgan fingerprint density at radius 2 is 2.00 bits per heavy atom. The fraction of sp³-hybridized carbons (Fsp3) is 0.222. The SMILES string of the molecule is CN=Cc1cc(Br)cc(C(F)(F)F)c1N. The number of nitrogens with zero attached hydrogens (tertiary/aromatic N) is 1. The lowest BCUT2D eigenvalue weighted by molar-refractivity contribution is -0.136. The normalized spacial score (nSPS) is 12.3. The van der Waals surface area contributed by atoms with Crippen LogP contribution in [0.3, 0.4) is 0 Å². The quantitative estimate of drug-likeness (QED) is 0.623. The molecular formula is C9H8BrF3N2. The van der Waals surface area contributed by atoms with Crippen molar-refractivity contribution in [1.29, 1.82) is 0 Å². The van der Waals surface area contributed by atoms with Crippen molar-refractivity contribution in [1.82, 2.24) is 0 Å². The Morgan fingerprint density at radius 3 is 2.47 bits per heavy atom. The maximum Gasteiger partial charge on any atom is 0.418 e. The highest BCUT2D eigenvalue weighted by Crippen LogP contribution is 2.36. The van der Waals surface area contributed by atoms with Gasteiger partial charge in [-0.15, -0.1) is 0 Å². The monoisotopic (exact) mass is 280 g/mol. The summed E-state index contributed by atoms with van der Waals surface area (Å²) in [5, 5.41) is 0. The number of hydrogen-bond donors (Lipinski definition) is 1. The Balaban J connectivity index is 3.41. The van der Waals surface area contributed by atoms with Gasteiger partial charge >= 0.3 is 6.18 Å². The Labute approximate surface area is 93.1 Å². The second kappa shape index (κ2) is 4.22. The number of halogens is 4. The summed E-state index contributed by atoms with van der Waals surface area (Å²) in [5.74, 6) is 0. The highest BCUT2D eigenvalue weighted by atomic mass is 79.9. The first-order valence-electron chi connectivity index (χ1n) is 3.94. The van der Waals surface area contributed by atoms with Gasteiger partial charge in [0.05, 0.1) is 11.3 Å². The van der Waals surface area contributed by atoms with Gasteiger partial charge in [-0.2, -0.15) is 13.2 Å². The number of anilines is 1. The zero-order chi connectivity index (χ0) is 11.6. The fourth-order valence-electron chi connectivity index (χ4n) is 1.12. The molecule has 2 N–H and O–H groups in total. The molecule has 0 atom stereocenters. The first-order valence-corrected chi connectivity index (χ1v) is 4.74. The molecule has 0 bridgehead atoms. The molecule has 2 nitrogen and oxygen atoms in total. The molecule has 0 amide bonds. The summed E-state index contributed by atoms with van der Waals surface area (Å²) >= 11 is 2.99. The van der Waals surface area contributed by atoms with Crippen molar-refractivity contribution in [3.05, 3.63) is 27.7 Å². The molecular weight excluding hydrogens is 273 g/mol. The number of hydrogen-bond acceptors (Lipinski definition) is 2. The van der Waals surface area contributed by atoms with E-state index in [0.29, 0.717) is 4.47 Å². The molecule has 0 unspecified atom stereocenters. The number of rotatable bonds is 1. The smallest absolute Gasteiger partial charge is 0.398 e. The molecule has 0 heterocycles. The van der Waals surface area contributed by atoms with Gasteiger partial charge in [-0.25, -0.2) is 0 Å². The van der Waals surface area contributed by atoms with E-state index in [0.717, 1.165) is 6.07 Å². The average molecular weight is 281 g/mol. The standard InChI is InChI=1S/C9H8BrF3N2/c1-15-4-5-2-6(10)3-7(8(5)14)9(11,12)13/h2-4H,14H2,1H3. The van der Waals surface area contributed by atoms with Gasteiger partial charge in [-0.1, -0.05) is 15.9 Å². The van der Waals surface area contributed by atoms with Gasteiger partial charge in [-0.05, 0) is 12.1 Å². The lowest BCUT2D eigenvalue weighted by atomic mass is 10.1. The number of benzene rings is 1. The third-order valence-corrected chi connectivity index (χ3v) is 2.21. The van der Waals surface area contributed by atoms with Gasteiger partial charge in [0, 0.05) is 23.3 Å². The van der Waals surface area contributed by atoms with Crippen LogP contribution in [-0.2, 0) is 6.18 Å². The molecule has 0 fully saturated rings. The highest BCUT2D eigenvalue weighted by Gasteiger charge is 2.33. The van der Waals surface area contributed by atoms with Crippen LogP contribution in [0, 0.1) is 0 Å². The Bertz CT molecular complexity index is 399. The highest BCUT2D eigenvalue weighted by molar-refractivity contribution is 9.10. The van der Waals surface area contributed by atoms with E-state index >= 15 is 0 Å². The van der Waals surface area contributed by atoms with E-state index in [1.54, 1.807) is 0 Å². The van der Waals surface area contributed by atoms with Gasteiger partial charge < -0.3 is 5.73 Å². The lowest BCUT2D eigenvalue weighted by Crippen LogP contribution is -2.11. The molecule has 0 radical (unpaired) electrons. The van der Waals surface area contributed by atoms with E-state index in [9.17, 15) is 13.2 Å². The summed E-state index contributed by atoms with van der Waals surface area (Å²) in [6.45, 7) is 0. The minimum absolute atomic E-state index is 0.249. The first-order chi connectivity index (χ1) is 6.86. The van der Waals surface area contributed by atoms with Gasteiger partial charge in [0.25, 0.3) is 0 Å². The van der Waals surface area contributed by atoms with Crippen molar-refractivity contribution in [2.45, 2.75) is 6.18 Å². The number of nitrogen functional groups attached to an aromatic ring is 1. The minimum Gasteiger partial charge on any atom is -0.398 e. The van der Waals surface area contributed by atoms with E-state index in [1.165, 1.54) is 19.3 Å². The third-order valence-electron chi connectivity index (χ3n) is 1.75. The van der Waals surface area contributed by atoms with E-state index in [2.05, 4.69) is 20.9 Å². The van der Waals surface area contributed by atoms with E-state index in [-0.39, 0.29) is 11.3 Å². The Hall–Kier alpha value is -1.04. The largest absolute Gasteiger partial charge is 0.418 e. The second-order valence-corrected chi connectivity index (χ2v) is 3.76. The van der Waals surface area contributed by atoms with Crippen LogP contribution in [0.25, 0.3) is 0 Å². The molecule has 1 rings (SSSR count). The summed E-state index contributed by atoms with van der Waals surface area (Å²) in [5.41, 5.74) is 4.48. The topological polar surface area (TPSA) is 38.4 Å². The summed E-state index contributed by atoms with van der Waals surface area (Å²) in [6, 6.07) is 2.43. The number of aliphatic imine (C=N–C) groups is 1. The summed E-state index contributed by atoms with van der Waals surface area (Å²) in [4.78, 5) is 3.64. The number of nitrogens with two attached hydrogens (primary N) is 1. The van der Waals surface area contributed by atoms with Crippen molar-refractivity contribution in [2.75, 3.05) is 12.8 Å². The molecule has 0 saturated carbocycles. The van der Waals surface area contributed by atoms with Gasteiger partial charge in [0.15, 0.2) is 0 Å². The van der Waals surface area contributed by atoms with Crippen LogP contribution in [0.15, 0.2) is 21.6 Å². The summed E-state index contributed by atoms with van der Waals surface area (Å²) in [6.07, 6.45) is -3.17. The fourth-order valence-corrected chi connectivity index (χ4v) is 1.60. The molecule has 0 spiro atoms. The van der Waals surface area contributed by atoms with Gasteiger partial charge in [0.1, 0.15) is 0 Å². The first kappa shape index (κ1) is 12.0. The van der Waals surface area contributed by atoms with Crippen LogP contribution >= 0.6 is 15.9 Å². The van der Waals surface area contributed by atoms with Gasteiger partial charge in [-0.3, -0.25) is 4.99 Å². The predicted molar refractivity (Wildman–Crippen MR) is 57.1 cm³/mol. The summed E-state index contributed by atoms with van der Waals surface area (Å²) in [7, 11) is 1.47. The summed E-state index contributed by atoms with van der Waals surface area (Å²) < 4.78 is 37.8. The van der Waals surface area contributed by atoms with Crippen LogP contribution in [0.1, 0.15) is 11.1 Å². The molecule has 1 aromatic rings. The zero-order valence-corrected chi connectivity index (χ0v) is 9.35. The third kappa shape index (κ3) is 2.71. The Morgan fingerprint density at radius 1 is 1.40 bits per heavy atom. The van der Waals surface area contributed by atoms with E-state index in [1.807, 2.05) is 0 Å². The van der Waals surface area contributed by atoms with Crippen LogP contribution in [0.4, 0.5) is 18.9 Å². The average Bonchev–Trinajstić information content (AvgIpc) is 2.09. The molecule has 0 aromatic heterocycles. The van der Waals surface area contributed by atoms with E-state index < -0.39 is 11.7 Å². The second-order valence-electron chi connectivity index (χ2n) is 2.84. The lowest BCUT2D eigenvalue weighted by Gasteiger charge is -2.12. The minimum atomic E-state index is -4.45. The van der Waals surface area contributed by atoms with Crippen LogP contribution in [0.2, 0.25) is 0 Å². The van der Waals surface area contributed by atoms with Crippen LogP contribution in [0.5, 0.6) is 0 Å². The predicted octanol–water partition coefficient (Wildman–Crippen LogP) is 3.10. The zero-order valence-electron chi connectivity index (χ0n) is 7.77. The van der Waals surface area contributed by atoms with Crippen molar-refractivity contribution < 1.29 is 13.2 Å². The molecule has 82 valence electrons. The molecule has 1 aromatic carbocycles. The maximum atomic E-state index is 12.5. The molecule has 15 heavy (non-hydrogen) atoms. The van der Waals surface area contributed by atoms with E-state index in [4.69, 9.17) is 5.73 Å². The molecule has 0 aliphatic heterocycles. The van der Waals surface area contributed by atoms with Crippen LogP contribution < -0.4 is 5.73 Å². The molecule has 6 heteroatoms. The van der Waals surface area contributed by atoms with Crippen LogP contribution in [-0.4, -0.2) is 13.3 Å². The van der Waals surface area contributed by atoms with Crippen molar-refractivity contribution in [3.63, 3.8) is 0 Å². The maximum absolute atomic E-state index is 12.5. The molecule has 0 aliphatic rings. The molecule has 0 saturated heterocycles.